The highest BCUT2D eigenvalue weighted by molar-refractivity contribution is 7.92. The molecule has 0 saturated carbocycles. The fraction of sp³-hybridized carbons (Fsp3) is 0.310. The number of amides is 2. The van der Waals surface area contributed by atoms with Crippen LogP contribution in [0.15, 0.2) is 77.7 Å². The highest BCUT2D eigenvalue weighted by atomic mass is 35.5. The predicted octanol–water partition coefficient (Wildman–Crippen LogP) is 5.53. The number of benzene rings is 3. The summed E-state index contributed by atoms with van der Waals surface area (Å²) in [6.07, 6.45) is 0. The van der Waals surface area contributed by atoms with Gasteiger partial charge in [-0.15, -0.1) is 0 Å². The molecule has 3 aromatic carbocycles. The Bertz CT molecular complexity index is 1460. The van der Waals surface area contributed by atoms with Gasteiger partial charge in [-0.3, -0.25) is 13.9 Å². The first-order chi connectivity index (χ1) is 18.7. The number of hydrogen-bond donors (Lipinski definition) is 1. The zero-order valence-corrected chi connectivity index (χ0v) is 25.3. The summed E-state index contributed by atoms with van der Waals surface area (Å²) in [5, 5.41) is 3.26. The smallest absolute Gasteiger partial charge is 0.264 e. The zero-order valence-electron chi connectivity index (χ0n) is 23.0. The molecule has 0 radical (unpaired) electrons. The van der Waals surface area contributed by atoms with Crippen LogP contribution in [0.2, 0.25) is 10.0 Å². The summed E-state index contributed by atoms with van der Waals surface area (Å²) >= 11 is 12.5. The zero-order chi connectivity index (χ0) is 29.7. The van der Waals surface area contributed by atoms with Gasteiger partial charge >= 0.3 is 0 Å². The molecule has 0 unspecified atom stereocenters. The van der Waals surface area contributed by atoms with E-state index >= 15 is 0 Å². The number of rotatable bonds is 10. The van der Waals surface area contributed by atoms with Gasteiger partial charge in [0, 0.05) is 17.1 Å². The number of carbonyl (C=O) groups is 2. The van der Waals surface area contributed by atoms with Crippen molar-refractivity contribution in [1.29, 1.82) is 0 Å². The van der Waals surface area contributed by atoms with E-state index in [1.165, 1.54) is 42.3 Å². The molecule has 1 N–H and O–H groups in total. The van der Waals surface area contributed by atoms with Gasteiger partial charge in [0.15, 0.2) is 0 Å². The normalized spacial score (nSPS) is 12.4. The van der Waals surface area contributed by atoms with Gasteiger partial charge in [0.25, 0.3) is 10.0 Å². The van der Waals surface area contributed by atoms with E-state index in [4.69, 9.17) is 27.9 Å². The molecule has 3 rings (SSSR count). The van der Waals surface area contributed by atoms with Crippen molar-refractivity contribution >= 4 is 50.7 Å². The summed E-state index contributed by atoms with van der Waals surface area (Å²) in [7, 11) is -2.71. The van der Waals surface area contributed by atoms with E-state index in [0.29, 0.717) is 16.3 Å². The average molecular weight is 607 g/mol. The van der Waals surface area contributed by atoms with Crippen molar-refractivity contribution in [2.75, 3.05) is 18.0 Å². The fourth-order valence-electron chi connectivity index (χ4n) is 3.94. The molecular weight excluding hydrogens is 573 g/mol. The number of nitrogens with one attached hydrogen (secondary N) is 1. The highest BCUT2D eigenvalue weighted by Gasteiger charge is 2.34. The van der Waals surface area contributed by atoms with E-state index < -0.39 is 34.1 Å². The number of methoxy groups -OCH3 is 1. The second-order valence-electron chi connectivity index (χ2n) is 10.2. The standard InChI is InChI=1S/C29H33Cl2N3O5S/c1-20(28(36)32-29(2,3)4)33(18-21-10-9-11-23(16-21)39-5)27(35)19-34(26-15-14-22(30)17-25(26)31)40(37,38)24-12-7-6-8-13-24/h6-17,20H,18-19H2,1-5H3,(H,32,36)/t20-/m1/s1. The van der Waals surface area contributed by atoms with E-state index in [9.17, 15) is 18.0 Å². The Morgan fingerprint density at radius 3 is 2.25 bits per heavy atom. The van der Waals surface area contributed by atoms with Crippen LogP contribution in [-0.2, 0) is 26.2 Å². The Labute approximate surface area is 245 Å². The molecule has 11 heteroatoms. The fourth-order valence-corrected chi connectivity index (χ4v) is 5.96. The summed E-state index contributed by atoms with van der Waals surface area (Å²) in [5.41, 5.74) is 0.233. The molecule has 0 saturated heterocycles. The van der Waals surface area contributed by atoms with Crippen LogP contribution in [-0.4, -0.2) is 50.4 Å². The van der Waals surface area contributed by atoms with Gasteiger partial charge in [0.05, 0.1) is 22.7 Å². The third-order valence-electron chi connectivity index (χ3n) is 5.94. The Morgan fingerprint density at radius 1 is 0.975 bits per heavy atom. The summed E-state index contributed by atoms with van der Waals surface area (Å²) in [4.78, 5) is 28.5. The van der Waals surface area contributed by atoms with E-state index in [-0.39, 0.29) is 28.1 Å². The maximum absolute atomic E-state index is 14.0. The summed E-state index contributed by atoms with van der Waals surface area (Å²) in [5.74, 6) is -0.409. The maximum atomic E-state index is 14.0. The molecule has 0 aliphatic carbocycles. The third-order valence-corrected chi connectivity index (χ3v) is 8.25. The van der Waals surface area contributed by atoms with Crippen LogP contribution in [0, 0.1) is 0 Å². The number of halogens is 2. The predicted molar refractivity (Wildman–Crippen MR) is 158 cm³/mol. The summed E-state index contributed by atoms with van der Waals surface area (Å²) in [6, 6.07) is 18.2. The molecule has 0 aliphatic rings. The molecule has 0 aliphatic heterocycles. The lowest BCUT2D eigenvalue weighted by atomic mass is 10.1. The van der Waals surface area contributed by atoms with Crippen LogP contribution in [0.3, 0.4) is 0 Å². The Kier molecular flexibility index (Phi) is 10.1. The minimum Gasteiger partial charge on any atom is -0.497 e. The lowest BCUT2D eigenvalue weighted by molar-refractivity contribution is -0.140. The van der Waals surface area contributed by atoms with E-state index in [1.807, 2.05) is 20.8 Å². The van der Waals surface area contributed by atoms with Crippen molar-refractivity contribution in [3.8, 4) is 5.75 Å². The van der Waals surface area contributed by atoms with E-state index in [1.54, 1.807) is 49.4 Å². The van der Waals surface area contributed by atoms with Crippen LogP contribution in [0.25, 0.3) is 0 Å². The molecule has 8 nitrogen and oxygen atoms in total. The number of hydrogen-bond acceptors (Lipinski definition) is 5. The second-order valence-corrected chi connectivity index (χ2v) is 12.9. The van der Waals surface area contributed by atoms with E-state index in [2.05, 4.69) is 5.32 Å². The van der Waals surface area contributed by atoms with Gasteiger partial charge < -0.3 is 15.0 Å². The van der Waals surface area contributed by atoms with Crippen LogP contribution < -0.4 is 14.4 Å². The Morgan fingerprint density at radius 2 is 1.65 bits per heavy atom. The molecule has 0 heterocycles. The monoisotopic (exact) mass is 605 g/mol. The van der Waals surface area contributed by atoms with Gasteiger partial charge in [0.1, 0.15) is 18.3 Å². The SMILES string of the molecule is COc1cccc(CN(C(=O)CN(c2ccc(Cl)cc2Cl)S(=O)(=O)c2ccccc2)[C@H](C)C(=O)NC(C)(C)C)c1. The topological polar surface area (TPSA) is 96.0 Å². The van der Waals surface area contributed by atoms with E-state index in [0.717, 1.165) is 4.31 Å². The molecule has 0 fully saturated rings. The first-order valence-electron chi connectivity index (χ1n) is 12.5. The van der Waals surface area contributed by atoms with Gasteiger partial charge in [0.2, 0.25) is 11.8 Å². The lowest BCUT2D eigenvalue weighted by Crippen LogP contribution is -2.54. The lowest BCUT2D eigenvalue weighted by Gasteiger charge is -2.33. The molecular formula is C29H33Cl2N3O5S. The van der Waals surface area contributed by atoms with Crippen molar-refractivity contribution in [3.63, 3.8) is 0 Å². The maximum Gasteiger partial charge on any atom is 0.264 e. The largest absolute Gasteiger partial charge is 0.497 e. The molecule has 0 spiro atoms. The molecule has 214 valence electrons. The molecule has 3 aromatic rings. The number of nitrogens with zero attached hydrogens (tertiary/aromatic N) is 2. The number of carbonyl (C=O) groups excluding carboxylic acids is 2. The molecule has 0 aromatic heterocycles. The minimum atomic E-state index is -4.24. The van der Waals surface area contributed by atoms with Crippen LogP contribution in [0.4, 0.5) is 5.69 Å². The van der Waals surface area contributed by atoms with Crippen molar-refractivity contribution < 1.29 is 22.7 Å². The number of ether oxygens (including phenoxy) is 1. The summed E-state index contributed by atoms with van der Waals surface area (Å²) < 4.78 is 33.9. The first-order valence-corrected chi connectivity index (χ1v) is 14.7. The molecule has 1 atom stereocenters. The van der Waals surface area contributed by atoms with Gasteiger partial charge in [-0.2, -0.15) is 0 Å². The van der Waals surface area contributed by atoms with Crippen molar-refractivity contribution in [2.45, 2.75) is 50.7 Å². The summed E-state index contributed by atoms with van der Waals surface area (Å²) in [6.45, 7) is 6.52. The van der Waals surface area contributed by atoms with Gasteiger partial charge in [-0.25, -0.2) is 8.42 Å². The van der Waals surface area contributed by atoms with Crippen molar-refractivity contribution in [2.24, 2.45) is 0 Å². The molecule has 0 bridgehead atoms. The van der Waals surface area contributed by atoms with Crippen LogP contribution >= 0.6 is 23.2 Å². The average Bonchev–Trinajstić information content (AvgIpc) is 2.90. The molecule has 40 heavy (non-hydrogen) atoms. The van der Waals surface area contributed by atoms with Crippen molar-refractivity contribution in [1.82, 2.24) is 10.2 Å². The minimum absolute atomic E-state index is 0.0216. The Hall–Kier alpha value is -3.27. The van der Waals surface area contributed by atoms with Crippen LogP contribution in [0.1, 0.15) is 33.3 Å². The van der Waals surface area contributed by atoms with Gasteiger partial charge in [-0.1, -0.05) is 53.5 Å². The number of sulfonamides is 1. The quantitative estimate of drug-likeness (QED) is 0.328. The second kappa shape index (κ2) is 12.9. The Balaban J connectivity index is 2.07. The van der Waals surface area contributed by atoms with Gasteiger partial charge in [-0.05, 0) is 75.7 Å². The van der Waals surface area contributed by atoms with Crippen molar-refractivity contribution in [3.05, 3.63) is 88.4 Å². The third kappa shape index (κ3) is 7.90. The number of anilines is 1. The van der Waals surface area contributed by atoms with Crippen LogP contribution in [0.5, 0.6) is 5.75 Å². The highest BCUT2D eigenvalue weighted by Crippen LogP contribution is 2.33. The first kappa shape index (κ1) is 31.3. The molecule has 2 amide bonds.